The number of carbonyl (C=O) groups excluding carboxylic acids is 1. The number of aromatic nitrogens is 2. The Balaban J connectivity index is 2.26. The van der Waals surface area contributed by atoms with Gasteiger partial charge in [0.2, 0.25) is 0 Å². The number of halogens is 2. The summed E-state index contributed by atoms with van der Waals surface area (Å²) in [6.45, 7) is 12.2. The van der Waals surface area contributed by atoms with Gasteiger partial charge < -0.3 is 15.0 Å². The summed E-state index contributed by atoms with van der Waals surface area (Å²) in [4.78, 5) is 17.2. The van der Waals surface area contributed by atoms with Gasteiger partial charge in [0.15, 0.2) is 0 Å². The summed E-state index contributed by atoms with van der Waals surface area (Å²) in [5.41, 5.74) is -0.275. The monoisotopic (exact) mass is 401 g/mol. The van der Waals surface area contributed by atoms with Crippen molar-refractivity contribution in [3.63, 3.8) is 0 Å². The predicted molar refractivity (Wildman–Crippen MR) is 92.1 cm³/mol. The summed E-state index contributed by atoms with van der Waals surface area (Å²) in [5, 5.41) is 7.28. The molecule has 7 nitrogen and oxygen atoms in total. The van der Waals surface area contributed by atoms with Crippen LogP contribution in [0, 0.1) is 6.57 Å². The Kier molecular flexibility index (Phi) is 5.38. The maximum atomic E-state index is 13.4. The van der Waals surface area contributed by atoms with Crippen LogP contribution in [0.5, 0.6) is 0 Å². The number of amides is 1. The van der Waals surface area contributed by atoms with Gasteiger partial charge in [0.1, 0.15) is 22.7 Å². The standard InChI is InChI=1S/C15H21BrFN5O2/c1-15(2,3)24-14(23)21-8-10(6-9(21)7-17)22-13(19-5)11(18-4)12(16)20-22/h9-10,19H,6-8H2,1-3,5H3/t9-,10+/m1/s1. The molecule has 0 radical (unpaired) electrons. The molecule has 132 valence electrons. The number of ether oxygens (including phenoxy) is 1. The number of anilines is 1. The first kappa shape index (κ1) is 18.5. The molecule has 2 atom stereocenters. The second-order valence-corrected chi connectivity index (χ2v) is 7.38. The first-order chi connectivity index (χ1) is 11.2. The first-order valence-electron chi connectivity index (χ1n) is 7.60. The molecule has 1 fully saturated rings. The van der Waals surface area contributed by atoms with Gasteiger partial charge in [-0.3, -0.25) is 4.68 Å². The van der Waals surface area contributed by atoms with Gasteiger partial charge in [-0.1, -0.05) is 0 Å². The SMILES string of the molecule is [C-]#[N+]c1c(Br)nn([C@H]2C[C@H](CF)N(C(=O)OC(C)(C)C)C2)c1NC. The van der Waals surface area contributed by atoms with E-state index in [-0.39, 0.29) is 12.6 Å². The molecule has 0 spiro atoms. The highest BCUT2D eigenvalue weighted by molar-refractivity contribution is 9.10. The highest BCUT2D eigenvalue weighted by atomic mass is 79.9. The maximum Gasteiger partial charge on any atom is 0.410 e. The van der Waals surface area contributed by atoms with Crippen LogP contribution in [-0.2, 0) is 4.74 Å². The lowest BCUT2D eigenvalue weighted by Crippen LogP contribution is -2.40. The van der Waals surface area contributed by atoms with E-state index in [0.29, 0.717) is 22.5 Å². The van der Waals surface area contributed by atoms with Crippen LogP contribution in [0.4, 0.5) is 20.7 Å². The van der Waals surface area contributed by atoms with Crippen LogP contribution in [0.3, 0.4) is 0 Å². The van der Waals surface area contributed by atoms with E-state index >= 15 is 0 Å². The third-order valence-electron chi connectivity index (χ3n) is 3.74. The molecule has 24 heavy (non-hydrogen) atoms. The zero-order valence-corrected chi connectivity index (χ0v) is 15.7. The Morgan fingerprint density at radius 3 is 2.75 bits per heavy atom. The van der Waals surface area contributed by atoms with Crippen molar-refractivity contribution in [1.29, 1.82) is 0 Å². The summed E-state index contributed by atoms with van der Waals surface area (Å²) >= 11 is 3.27. The summed E-state index contributed by atoms with van der Waals surface area (Å²) < 4.78 is 20.8. The van der Waals surface area contributed by atoms with E-state index < -0.39 is 24.4 Å². The van der Waals surface area contributed by atoms with Crippen molar-refractivity contribution in [2.24, 2.45) is 0 Å². The summed E-state index contributed by atoms with van der Waals surface area (Å²) in [6.07, 6.45) is -0.119. The fraction of sp³-hybridized carbons (Fsp3) is 0.667. The van der Waals surface area contributed by atoms with Gasteiger partial charge in [-0.05, 0) is 43.1 Å². The molecule has 1 N–H and O–H groups in total. The lowest BCUT2D eigenvalue weighted by Gasteiger charge is -2.27. The van der Waals surface area contributed by atoms with Crippen LogP contribution in [0.1, 0.15) is 33.2 Å². The second kappa shape index (κ2) is 6.97. The first-order valence-corrected chi connectivity index (χ1v) is 8.40. The fourth-order valence-corrected chi connectivity index (χ4v) is 3.20. The predicted octanol–water partition coefficient (Wildman–Crippen LogP) is 3.76. The van der Waals surface area contributed by atoms with Crippen molar-refractivity contribution >= 4 is 33.5 Å². The highest BCUT2D eigenvalue weighted by Gasteiger charge is 2.39. The van der Waals surface area contributed by atoms with Crippen LogP contribution in [-0.4, -0.2) is 52.7 Å². The molecule has 1 aliphatic rings. The molecule has 0 aliphatic carbocycles. The minimum atomic E-state index is -0.650. The molecule has 0 unspecified atom stereocenters. The molecule has 1 aromatic heterocycles. The molecule has 0 saturated carbocycles. The molecule has 0 bridgehead atoms. The van der Waals surface area contributed by atoms with Crippen molar-refractivity contribution in [2.45, 2.75) is 44.9 Å². The van der Waals surface area contributed by atoms with Gasteiger partial charge >= 0.3 is 6.09 Å². The molecule has 9 heteroatoms. The van der Waals surface area contributed by atoms with Crippen molar-refractivity contribution in [3.05, 3.63) is 16.0 Å². The normalized spacial score (nSPS) is 20.8. The quantitative estimate of drug-likeness (QED) is 0.783. The number of hydrogen-bond acceptors (Lipinski definition) is 4. The van der Waals surface area contributed by atoms with Crippen LogP contribution < -0.4 is 5.32 Å². The van der Waals surface area contributed by atoms with E-state index in [2.05, 4.69) is 31.2 Å². The van der Waals surface area contributed by atoms with E-state index in [1.807, 2.05) is 0 Å². The minimum Gasteiger partial charge on any atom is -0.444 e. The van der Waals surface area contributed by atoms with E-state index in [9.17, 15) is 9.18 Å². The van der Waals surface area contributed by atoms with Gasteiger partial charge in [0.25, 0.3) is 5.69 Å². The largest absolute Gasteiger partial charge is 0.444 e. The highest BCUT2D eigenvalue weighted by Crippen LogP contribution is 2.38. The average molecular weight is 402 g/mol. The molecular weight excluding hydrogens is 381 g/mol. The third kappa shape index (κ3) is 3.64. The van der Waals surface area contributed by atoms with Crippen molar-refractivity contribution in [1.82, 2.24) is 14.7 Å². The van der Waals surface area contributed by atoms with E-state index in [1.54, 1.807) is 32.5 Å². The number of rotatable bonds is 3. The smallest absolute Gasteiger partial charge is 0.410 e. The number of nitrogens with zero attached hydrogens (tertiary/aromatic N) is 4. The zero-order chi connectivity index (χ0) is 18.1. The molecule has 1 saturated heterocycles. The van der Waals surface area contributed by atoms with E-state index in [0.717, 1.165) is 0 Å². The average Bonchev–Trinajstić information content (AvgIpc) is 3.05. The third-order valence-corrected chi connectivity index (χ3v) is 4.27. The number of alkyl halides is 1. The van der Waals surface area contributed by atoms with Crippen LogP contribution in [0.15, 0.2) is 4.60 Å². The maximum absolute atomic E-state index is 13.4. The zero-order valence-electron chi connectivity index (χ0n) is 14.1. The lowest BCUT2D eigenvalue weighted by molar-refractivity contribution is 0.0203. The number of carbonyl (C=O) groups is 1. The summed E-state index contributed by atoms with van der Waals surface area (Å²) in [5.74, 6) is 0.547. The van der Waals surface area contributed by atoms with Gasteiger partial charge in [-0.15, -0.1) is 0 Å². The number of likely N-dealkylation sites (tertiary alicyclic amines) is 1. The van der Waals surface area contributed by atoms with Gasteiger partial charge in [0, 0.05) is 13.6 Å². The minimum absolute atomic E-state index is 0.229. The van der Waals surface area contributed by atoms with Crippen LogP contribution >= 0.6 is 15.9 Å². The Labute approximate surface area is 149 Å². The fourth-order valence-electron chi connectivity index (χ4n) is 2.75. The molecule has 0 aromatic carbocycles. The van der Waals surface area contributed by atoms with Crippen molar-refractivity contribution in [3.8, 4) is 0 Å². The van der Waals surface area contributed by atoms with Gasteiger partial charge in [0.05, 0.1) is 18.7 Å². The Morgan fingerprint density at radius 2 is 2.25 bits per heavy atom. The van der Waals surface area contributed by atoms with Crippen LogP contribution in [0.25, 0.3) is 4.85 Å². The molecule has 1 aliphatic heterocycles. The summed E-state index contributed by atoms with van der Waals surface area (Å²) in [6, 6.07) is -0.790. The van der Waals surface area contributed by atoms with Crippen molar-refractivity contribution in [2.75, 3.05) is 25.6 Å². The Morgan fingerprint density at radius 1 is 1.58 bits per heavy atom. The van der Waals surface area contributed by atoms with Crippen molar-refractivity contribution < 1.29 is 13.9 Å². The molecule has 2 heterocycles. The van der Waals surface area contributed by atoms with Gasteiger partial charge in [-0.25, -0.2) is 14.0 Å². The second-order valence-electron chi connectivity index (χ2n) is 6.62. The molecule has 1 aromatic rings. The van der Waals surface area contributed by atoms with E-state index in [1.165, 1.54) is 4.90 Å². The topological polar surface area (TPSA) is 63.8 Å². The number of nitrogens with one attached hydrogen (secondary N) is 1. The number of hydrogen-bond donors (Lipinski definition) is 1. The van der Waals surface area contributed by atoms with Crippen LogP contribution in [0.2, 0.25) is 0 Å². The molecular formula is C15H21BrFN5O2. The molecule has 1 amide bonds. The Bertz CT molecular complexity index is 664. The van der Waals surface area contributed by atoms with Gasteiger partial charge in [-0.2, -0.15) is 5.10 Å². The summed E-state index contributed by atoms with van der Waals surface area (Å²) in [7, 11) is 1.70. The lowest BCUT2D eigenvalue weighted by atomic mass is 10.2. The Hall–Kier alpha value is -1.82. The molecule has 2 rings (SSSR count). The van der Waals surface area contributed by atoms with E-state index in [4.69, 9.17) is 11.3 Å².